The monoisotopic (exact) mass is 398 g/mol. The summed E-state index contributed by atoms with van der Waals surface area (Å²) in [6, 6.07) is 11.6. The number of benzene rings is 1. The lowest BCUT2D eigenvalue weighted by atomic mass is 9.85. The van der Waals surface area contributed by atoms with Crippen LogP contribution in [0.1, 0.15) is 44.2 Å². The fourth-order valence-electron chi connectivity index (χ4n) is 3.87. The quantitative estimate of drug-likeness (QED) is 0.555. The number of carbonyl (C=O) groups excluding carboxylic acids is 1. The van der Waals surface area contributed by atoms with Gasteiger partial charge in [0.05, 0.1) is 18.3 Å². The molecule has 0 radical (unpaired) electrons. The van der Waals surface area contributed by atoms with Crippen molar-refractivity contribution in [3.63, 3.8) is 0 Å². The van der Waals surface area contributed by atoms with Crippen LogP contribution in [-0.2, 0) is 4.79 Å². The third-order valence-electron chi connectivity index (χ3n) is 5.38. The van der Waals surface area contributed by atoms with Crippen molar-refractivity contribution in [1.29, 1.82) is 0 Å². The number of hydrogen-bond acceptors (Lipinski definition) is 3. The molecule has 2 unspecified atom stereocenters. The smallest absolute Gasteiger partial charge is 0.226 e. The van der Waals surface area contributed by atoms with E-state index in [1.807, 2.05) is 47.4 Å². The molecule has 1 aliphatic rings. The zero-order valence-corrected chi connectivity index (χ0v) is 17.0. The molecule has 0 saturated carbocycles. The van der Waals surface area contributed by atoms with Gasteiger partial charge in [0, 0.05) is 17.1 Å². The second-order valence-corrected chi connectivity index (χ2v) is 7.61. The van der Waals surface area contributed by atoms with Crippen molar-refractivity contribution in [2.75, 3.05) is 6.61 Å². The Bertz CT molecular complexity index is 779. The number of ether oxygens (including phenoxy) is 1. The molecule has 1 aliphatic heterocycles. The van der Waals surface area contributed by atoms with Crippen molar-refractivity contribution in [2.45, 2.75) is 44.7 Å². The third kappa shape index (κ3) is 4.74. The third-order valence-corrected chi connectivity index (χ3v) is 5.63. The molecule has 4 nitrogen and oxygen atoms in total. The highest BCUT2D eigenvalue weighted by Gasteiger charge is 2.39. The Labute approximate surface area is 172 Å². The molecule has 0 N–H and O–H groups in total. The molecule has 2 heterocycles. The maximum atomic E-state index is 13.4. The highest BCUT2D eigenvalue weighted by atomic mass is 35.5. The molecule has 3 rings (SSSR count). The number of rotatable bonds is 8. The Kier molecular flexibility index (Phi) is 7.10. The fourth-order valence-corrected chi connectivity index (χ4v) is 4.00. The van der Waals surface area contributed by atoms with Crippen LogP contribution in [0.25, 0.3) is 0 Å². The summed E-state index contributed by atoms with van der Waals surface area (Å²) in [4.78, 5) is 19.5. The van der Waals surface area contributed by atoms with E-state index in [1.54, 1.807) is 12.4 Å². The van der Waals surface area contributed by atoms with Crippen molar-refractivity contribution >= 4 is 17.5 Å². The van der Waals surface area contributed by atoms with E-state index in [4.69, 9.17) is 16.3 Å². The minimum atomic E-state index is -0.0130. The number of pyridine rings is 1. The summed E-state index contributed by atoms with van der Waals surface area (Å²) in [5.41, 5.74) is 1.12. The summed E-state index contributed by atoms with van der Waals surface area (Å²) in [6.45, 7) is 6.37. The van der Waals surface area contributed by atoms with Gasteiger partial charge in [0.2, 0.25) is 5.91 Å². The van der Waals surface area contributed by atoms with E-state index in [9.17, 15) is 4.79 Å². The number of halogens is 1. The molecule has 0 bridgehead atoms. The standard InChI is InChI=1S/C23H27ClN2O2/c1-3-6-18-10-13-22(17-8-11-19(24)12-9-17)26(23(18)27)20(4-2)16-28-21-7-5-14-25-15-21/h3,5,7-9,11-12,14-15,18,20,22H,1,4,6,10,13,16H2,2H3/t18-,20?,22?/m0/s1. The van der Waals surface area contributed by atoms with Gasteiger partial charge in [0.1, 0.15) is 12.4 Å². The van der Waals surface area contributed by atoms with E-state index in [0.717, 1.165) is 30.6 Å². The van der Waals surface area contributed by atoms with Gasteiger partial charge in [-0.3, -0.25) is 9.78 Å². The minimum absolute atomic E-state index is 0.00603. The Hall–Kier alpha value is -2.33. The molecule has 1 aromatic carbocycles. The van der Waals surface area contributed by atoms with Crippen LogP contribution in [0.2, 0.25) is 5.02 Å². The van der Waals surface area contributed by atoms with Gasteiger partial charge in [0.15, 0.2) is 0 Å². The summed E-state index contributed by atoms with van der Waals surface area (Å²) >= 11 is 6.07. The summed E-state index contributed by atoms with van der Waals surface area (Å²) in [7, 11) is 0. The molecule has 1 fully saturated rings. The first-order valence-corrected chi connectivity index (χ1v) is 10.2. The minimum Gasteiger partial charge on any atom is -0.490 e. The molecular formula is C23H27ClN2O2. The van der Waals surface area contributed by atoms with Gasteiger partial charge in [0.25, 0.3) is 0 Å². The van der Waals surface area contributed by atoms with Crippen LogP contribution < -0.4 is 4.74 Å². The predicted molar refractivity (Wildman–Crippen MR) is 112 cm³/mol. The van der Waals surface area contributed by atoms with Crippen molar-refractivity contribution in [3.05, 3.63) is 72.0 Å². The molecule has 3 atom stereocenters. The van der Waals surface area contributed by atoms with E-state index >= 15 is 0 Å². The lowest BCUT2D eigenvalue weighted by Crippen LogP contribution is -2.50. The van der Waals surface area contributed by atoms with Crippen LogP contribution in [-0.4, -0.2) is 28.4 Å². The topological polar surface area (TPSA) is 42.4 Å². The lowest BCUT2D eigenvalue weighted by molar-refractivity contribution is -0.146. The number of allylic oxidation sites excluding steroid dienone is 1. The highest BCUT2D eigenvalue weighted by Crippen LogP contribution is 2.38. The maximum Gasteiger partial charge on any atom is 0.226 e. The van der Waals surface area contributed by atoms with Gasteiger partial charge < -0.3 is 9.64 Å². The van der Waals surface area contributed by atoms with Gasteiger partial charge in [-0.1, -0.05) is 36.7 Å². The number of piperidine rings is 1. The van der Waals surface area contributed by atoms with Crippen LogP contribution in [0, 0.1) is 5.92 Å². The number of hydrogen-bond donors (Lipinski definition) is 0. The molecule has 0 aliphatic carbocycles. The van der Waals surface area contributed by atoms with Crippen molar-refractivity contribution in [2.24, 2.45) is 5.92 Å². The zero-order valence-electron chi connectivity index (χ0n) is 16.3. The second-order valence-electron chi connectivity index (χ2n) is 7.17. The number of likely N-dealkylation sites (tertiary alicyclic amines) is 1. The van der Waals surface area contributed by atoms with Crippen LogP contribution in [0.5, 0.6) is 5.75 Å². The maximum absolute atomic E-state index is 13.4. The molecule has 5 heteroatoms. The first-order valence-electron chi connectivity index (χ1n) is 9.85. The van der Waals surface area contributed by atoms with Gasteiger partial charge >= 0.3 is 0 Å². The van der Waals surface area contributed by atoms with Crippen LogP contribution in [0.4, 0.5) is 0 Å². The normalized spacial score (nSPS) is 20.6. The largest absolute Gasteiger partial charge is 0.490 e. The second kappa shape index (κ2) is 9.74. The first-order chi connectivity index (χ1) is 13.6. The molecule has 2 aromatic rings. The molecule has 28 heavy (non-hydrogen) atoms. The van der Waals surface area contributed by atoms with E-state index in [2.05, 4.69) is 18.5 Å². The van der Waals surface area contributed by atoms with Gasteiger partial charge in [-0.25, -0.2) is 0 Å². The fraction of sp³-hybridized carbons (Fsp3) is 0.391. The number of carbonyl (C=O) groups is 1. The van der Waals surface area contributed by atoms with E-state index in [0.29, 0.717) is 18.1 Å². The van der Waals surface area contributed by atoms with Crippen molar-refractivity contribution < 1.29 is 9.53 Å². The van der Waals surface area contributed by atoms with Gasteiger partial charge in [-0.05, 0) is 55.5 Å². The SMILES string of the molecule is C=CC[C@H]1CCC(c2ccc(Cl)cc2)N(C(CC)COc2cccnc2)C1=O. The van der Waals surface area contributed by atoms with Crippen molar-refractivity contribution in [3.8, 4) is 5.75 Å². The number of nitrogens with zero attached hydrogens (tertiary/aromatic N) is 2. The van der Waals surface area contributed by atoms with Crippen LogP contribution in [0.3, 0.4) is 0 Å². The summed E-state index contributed by atoms with van der Waals surface area (Å²) in [5.74, 6) is 0.900. The number of aromatic nitrogens is 1. The summed E-state index contributed by atoms with van der Waals surface area (Å²) < 4.78 is 5.96. The van der Waals surface area contributed by atoms with Crippen LogP contribution in [0.15, 0.2) is 61.4 Å². The summed E-state index contributed by atoms with van der Waals surface area (Å²) in [6.07, 6.45) is 8.58. The van der Waals surface area contributed by atoms with Gasteiger partial charge in [-0.2, -0.15) is 0 Å². The predicted octanol–water partition coefficient (Wildman–Crippen LogP) is 5.45. The molecule has 148 valence electrons. The Morgan fingerprint density at radius 1 is 1.32 bits per heavy atom. The van der Waals surface area contributed by atoms with Crippen LogP contribution >= 0.6 is 11.6 Å². The molecule has 1 amide bonds. The Morgan fingerprint density at radius 2 is 2.11 bits per heavy atom. The molecule has 1 aromatic heterocycles. The Balaban J connectivity index is 1.84. The number of amides is 1. The zero-order chi connectivity index (χ0) is 19.9. The summed E-state index contributed by atoms with van der Waals surface area (Å²) in [5, 5.41) is 0.703. The molecule has 0 spiro atoms. The van der Waals surface area contributed by atoms with E-state index in [1.165, 1.54) is 0 Å². The molecular weight excluding hydrogens is 372 g/mol. The Morgan fingerprint density at radius 3 is 2.75 bits per heavy atom. The highest BCUT2D eigenvalue weighted by molar-refractivity contribution is 6.30. The van der Waals surface area contributed by atoms with E-state index < -0.39 is 0 Å². The molecule has 1 saturated heterocycles. The van der Waals surface area contributed by atoms with E-state index in [-0.39, 0.29) is 23.9 Å². The first kappa shape index (κ1) is 20.4. The average Bonchev–Trinajstić information content (AvgIpc) is 2.72. The lowest BCUT2D eigenvalue weighted by Gasteiger charge is -2.44. The van der Waals surface area contributed by atoms with Crippen molar-refractivity contribution in [1.82, 2.24) is 9.88 Å². The average molecular weight is 399 g/mol. The van der Waals surface area contributed by atoms with Gasteiger partial charge in [-0.15, -0.1) is 6.58 Å².